The number of amides is 1. The number of hydrogen-bond donors (Lipinski definition) is 6. The molecule has 1 amide bonds. The van der Waals surface area contributed by atoms with Crippen molar-refractivity contribution >= 4 is 5.91 Å². The van der Waals surface area contributed by atoms with E-state index < -0.39 is 73.6 Å². The molecule has 158 valence electrons. The fraction of sp³-hybridized carbons (Fsp3) is 0.938. The van der Waals surface area contributed by atoms with E-state index >= 15 is 0 Å². The number of carbonyl (C=O) groups excluding carboxylic acids is 1. The smallest absolute Gasteiger partial charge is 0.217 e. The number of nitrogens with one attached hydrogen (secondary N) is 1. The molecular formula is C16H30N2O9. The summed E-state index contributed by atoms with van der Waals surface area (Å²) in [5.74, 6) is -0.836. The molecule has 11 nitrogen and oxygen atoms in total. The van der Waals surface area contributed by atoms with Crippen LogP contribution in [0.3, 0.4) is 0 Å². The molecule has 7 N–H and O–H groups in total. The molecule has 0 aromatic heterocycles. The van der Waals surface area contributed by atoms with Gasteiger partial charge in [0.25, 0.3) is 0 Å². The van der Waals surface area contributed by atoms with E-state index in [0.717, 1.165) is 0 Å². The Morgan fingerprint density at radius 1 is 1.11 bits per heavy atom. The first-order valence-corrected chi connectivity index (χ1v) is 8.84. The molecule has 0 spiro atoms. The average Bonchev–Trinajstić information content (AvgIpc) is 2.64. The van der Waals surface area contributed by atoms with Gasteiger partial charge in [-0.2, -0.15) is 0 Å². The lowest BCUT2D eigenvalue weighted by Crippen LogP contribution is -2.67. The molecule has 0 radical (unpaired) electrons. The van der Waals surface area contributed by atoms with Crippen molar-refractivity contribution in [1.82, 2.24) is 5.32 Å². The molecule has 10 atom stereocenters. The Hall–Kier alpha value is -0.890. The maximum atomic E-state index is 11.5. The minimum absolute atomic E-state index is 0.349. The minimum Gasteiger partial charge on any atom is -0.394 e. The number of nitrogens with two attached hydrogens (primary N) is 1. The Balaban J connectivity index is 2.19. The van der Waals surface area contributed by atoms with Crippen molar-refractivity contribution in [3.05, 3.63) is 0 Å². The first kappa shape index (κ1) is 22.4. The summed E-state index contributed by atoms with van der Waals surface area (Å²) < 4.78 is 22.1. The second-order valence-corrected chi connectivity index (χ2v) is 6.93. The maximum absolute atomic E-state index is 11.5. The molecule has 0 aromatic rings. The van der Waals surface area contributed by atoms with Crippen molar-refractivity contribution in [3.8, 4) is 0 Å². The predicted octanol–water partition coefficient (Wildman–Crippen LogP) is -3.36. The second-order valence-electron chi connectivity index (χ2n) is 6.93. The molecular weight excluding hydrogens is 364 g/mol. The molecule has 2 fully saturated rings. The number of aliphatic hydroxyl groups is 4. The topological polar surface area (TPSA) is 173 Å². The van der Waals surface area contributed by atoms with Crippen LogP contribution < -0.4 is 11.1 Å². The largest absolute Gasteiger partial charge is 0.394 e. The Kier molecular flexibility index (Phi) is 7.92. The van der Waals surface area contributed by atoms with Crippen LogP contribution in [0.1, 0.15) is 13.8 Å². The number of carbonyl (C=O) groups is 1. The highest BCUT2D eigenvalue weighted by Crippen LogP contribution is 2.30. The zero-order valence-corrected chi connectivity index (χ0v) is 15.6. The highest BCUT2D eigenvalue weighted by atomic mass is 16.7. The van der Waals surface area contributed by atoms with Gasteiger partial charge in [0.05, 0.1) is 31.5 Å². The molecule has 0 saturated carbocycles. The lowest BCUT2D eigenvalue weighted by Gasteiger charge is -2.47. The summed E-state index contributed by atoms with van der Waals surface area (Å²) in [6.45, 7) is 2.11. The van der Waals surface area contributed by atoms with Crippen molar-refractivity contribution in [2.75, 3.05) is 20.3 Å². The van der Waals surface area contributed by atoms with Crippen molar-refractivity contribution in [3.63, 3.8) is 0 Å². The molecule has 2 saturated heterocycles. The van der Waals surface area contributed by atoms with Crippen LogP contribution in [0, 0.1) is 5.92 Å². The van der Waals surface area contributed by atoms with E-state index in [1.807, 2.05) is 0 Å². The zero-order valence-electron chi connectivity index (χ0n) is 15.6. The summed E-state index contributed by atoms with van der Waals surface area (Å²) in [5.41, 5.74) is 5.99. The molecule has 2 heterocycles. The van der Waals surface area contributed by atoms with Crippen LogP contribution in [0.5, 0.6) is 0 Å². The van der Waals surface area contributed by atoms with E-state index in [-0.39, 0.29) is 6.61 Å². The lowest BCUT2D eigenvalue weighted by molar-refractivity contribution is -0.323. The van der Waals surface area contributed by atoms with Crippen LogP contribution >= 0.6 is 0 Å². The Morgan fingerprint density at radius 3 is 2.22 bits per heavy atom. The summed E-state index contributed by atoms with van der Waals surface area (Å²) in [5, 5.41) is 42.6. The summed E-state index contributed by atoms with van der Waals surface area (Å²) in [7, 11) is 1.34. The van der Waals surface area contributed by atoms with Gasteiger partial charge >= 0.3 is 0 Å². The normalized spacial score (nSPS) is 45.5. The Morgan fingerprint density at radius 2 is 1.70 bits per heavy atom. The summed E-state index contributed by atoms with van der Waals surface area (Å²) in [6, 6.07) is -1.91. The van der Waals surface area contributed by atoms with Gasteiger partial charge in [-0.05, 0) is 0 Å². The van der Waals surface area contributed by atoms with E-state index in [4.69, 9.17) is 24.7 Å². The molecule has 27 heavy (non-hydrogen) atoms. The fourth-order valence-corrected chi connectivity index (χ4v) is 3.43. The quantitative estimate of drug-likeness (QED) is 0.267. The van der Waals surface area contributed by atoms with E-state index in [1.54, 1.807) is 6.92 Å². The molecule has 0 aromatic carbocycles. The van der Waals surface area contributed by atoms with Crippen LogP contribution in [0.2, 0.25) is 0 Å². The van der Waals surface area contributed by atoms with Crippen molar-refractivity contribution in [2.45, 2.75) is 69.0 Å². The maximum Gasteiger partial charge on any atom is 0.217 e. The highest BCUT2D eigenvalue weighted by Gasteiger charge is 2.50. The van der Waals surface area contributed by atoms with Crippen LogP contribution in [0.4, 0.5) is 0 Å². The van der Waals surface area contributed by atoms with Crippen molar-refractivity contribution < 1.29 is 44.2 Å². The summed E-state index contributed by atoms with van der Waals surface area (Å²) in [4.78, 5) is 11.5. The van der Waals surface area contributed by atoms with Gasteiger partial charge in [-0.15, -0.1) is 0 Å². The third kappa shape index (κ3) is 4.75. The van der Waals surface area contributed by atoms with Crippen molar-refractivity contribution in [2.24, 2.45) is 11.7 Å². The average molecular weight is 394 g/mol. The number of ether oxygens (including phenoxy) is 4. The number of aliphatic hydroxyl groups excluding tert-OH is 4. The van der Waals surface area contributed by atoms with Gasteiger partial charge in [0, 0.05) is 20.0 Å². The van der Waals surface area contributed by atoms with Crippen LogP contribution in [0.25, 0.3) is 0 Å². The SMILES string of the molecule is CO[C@@H]1OC(CO)C(O[C@@H]2OC(CO)C(C)[C@@H](O)[C@@H]2N)[C@@H](O)[C@@H]1NC(C)=O. The molecule has 2 rings (SSSR count). The zero-order chi connectivity index (χ0) is 20.3. The van der Waals surface area contributed by atoms with E-state index in [0.29, 0.717) is 0 Å². The van der Waals surface area contributed by atoms with Crippen LogP contribution in [-0.4, -0.2) is 102 Å². The third-order valence-corrected chi connectivity index (χ3v) is 5.07. The van der Waals surface area contributed by atoms with E-state index in [2.05, 4.69) is 5.32 Å². The Labute approximate surface area is 157 Å². The van der Waals surface area contributed by atoms with Gasteiger partial charge in [0.1, 0.15) is 24.4 Å². The molecule has 2 aliphatic rings. The van der Waals surface area contributed by atoms with Crippen LogP contribution in [0.15, 0.2) is 0 Å². The fourth-order valence-electron chi connectivity index (χ4n) is 3.43. The van der Waals surface area contributed by atoms with Crippen molar-refractivity contribution in [1.29, 1.82) is 0 Å². The standard InChI is InChI=1S/C16H30N2O9/c1-6-8(4-19)25-15(10(17)12(6)22)27-14-9(5-20)26-16(24-3)11(13(14)23)18-7(2)21/h6,8-16,19-20,22-23H,4-5,17H2,1-3H3,(H,18,21)/t6?,8?,9?,10-,11-,12+,13-,14?,15-,16+/m0/s1. The molecule has 11 heteroatoms. The van der Waals surface area contributed by atoms with Gasteiger partial charge in [-0.25, -0.2) is 0 Å². The number of methoxy groups -OCH3 is 1. The van der Waals surface area contributed by atoms with Gasteiger partial charge in [0.15, 0.2) is 12.6 Å². The molecule has 4 unspecified atom stereocenters. The summed E-state index contributed by atoms with van der Waals surface area (Å²) >= 11 is 0. The molecule has 2 aliphatic heterocycles. The van der Waals surface area contributed by atoms with Gasteiger partial charge in [-0.1, -0.05) is 6.92 Å². The first-order chi connectivity index (χ1) is 12.7. The molecule has 0 bridgehead atoms. The van der Waals surface area contributed by atoms with E-state index in [1.165, 1.54) is 14.0 Å². The second kappa shape index (κ2) is 9.54. The predicted molar refractivity (Wildman–Crippen MR) is 90.1 cm³/mol. The van der Waals surface area contributed by atoms with Crippen LogP contribution in [-0.2, 0) is 23.7 Å². The number of hydrogen-bond acceptors (Lipinski definition) is 10. The summed E-state index contributed by atoms with van der Waals surface area (Å²) in [6.07, 6.45) is -7.32. The third-order valence-electron chi connectivity index (χ3n) is 5.07. The van der Waals surface area contributed by atoms with E-state index in [9.17, 15) is 25.2 Å². The lowest BCUT2D eigenvalue weighted by atomic mass is 9.89. The minimum atomic E-state index is -1.32. The number of rotatable bonds is 6. The first-order valence-electron chi connectivity index (χ1n) is 8.84. The highest BCUT2D eigenvalue weighted by molar-refractivity contribution is 5.73. The van der Waals surface area contributed by atoms with Gasteiger partial charge in [-0.3, -0.25) is 4.79 Å². The van der Waals surface area contributed by atoms with Gasteiger partial charge < -0.3 is 50.4 Å². The monoisotopic (exact) mass is 394 g/mol. The molecule has 0 aliphatic carbocycles. The van der Waals surface area contributed by atoms with Gasteiger partial charge in [0.2, 0.25) is 5.91 Å². The Bertz CT molecular complexity index is 495.